The number of amides is 4. The number of unbranched alkanes of at least 4 members (excludes halogenated alkanes) is 2. The first-order valence-corrected chi connectivity index (χ1v) is 12.9. The zero-order valence-electron chi connectivity index (χ0n) is 21.8. The molecule has 0 aliphatic rings. The van der Waals surface area contributed by atoms with E-state index in [-0.39, 0.29) is 31.8 Å². The molecule has 4 amide bonds. The molecule has 2 heterocycles. The molecule has 0 aliphatic carbocycles. The molecule has 0 unspecified atom stereocenters. The van der Waals surface area contributed by atoms with Crippen LogP contribution in [0.1, 0.15) is 32.1 Å². The number of nitrogens with zero attached hydrogens (tertiary/aromatic N) is 3. The predicted molar refractivity (Wildman–Crippen MR) is 150 cm³/mol. The van der Waals surface area contributed by atoms with Crippen molar-refractivity contribution in [1.29, 1.82) is 0 Å². The summed E-state index contributed by atoms with van der Waals surface area (Å²) in [7, 11) is 0. The maximum atomic E-state index is 13.0. The summed E-state index contributed by atoms with van der Waals surface area (Å²) in [4.78, 5) is 60.0. The van der Waals surface area contributed by atoms with E-state index in [1.165, 1.54) is 4.90 Å². The summed E-state index contributed by atoms with van der Waals surface area (Å²) in [6.07, 6.45) is 1.73. The third-order valence-electron chi connectivity index (χ3n) is 6.17. The minimum atomic E-state index is -0.495. The molecule has 0 saturated carbocycles. The maximum Gasteiger partial charge on any atom is 0.245 e. The quantitative estimate of drug-likeness (QED) is 0.121. The first-order valence-electron chi connectivity index (χ1n) is 12.9. The first-order chi connectivity index (χ1) is 19.4. The third kappa shape index (κ3) is 8.05. The van der Waals surface area contributed by atoms with Gasteiger partial charge in [0, 0.05) is 23.6 Å². The Bertz CT molecular complexity index is 1430. The fourth-order valence-electron chi connectivity index (χ4n) is 4.17. The second-order valence-electron chi connectivity index (χ2n) is 9.22. The van der Waals surface area contributed by atoms with Gasteiger partial charge in [-0.2, -0.15) is 0 Å². The fraction of sp³-hybridized carbons (Fsp3) is 0.241. The number of hydroxylamine groups is 1. The molecule has 206 valence electrons. The zero-order chi connectivity index (χ0) is 28.3. The zero-order valence-corrected chi connectivity index (χ0v) is 21.8. The van der Waals surface area contributed by atoms with Gasteiger partial charge in [-0.25, -0.2) is 15.4 Å². The number of aromatic nitrogens is 2. The van der Waals surface area contributed by atoms with Crippen molar-refractivity contribution in [2.24, 2.45) is 0 Å². The second kappa shape index (κ2) is 13.8. The van der Waals surface area contributed by atoms with Gasteiger partial charge >= 0.3 is 0 Å². The molecular formula is C29H30N6O5. The van der Waals surface area contributed by atoms with Gasteiger partial charge in [-0.3, -0.25) is 24.4 Å². The van der Waals surface area contributed by atoms with E-state index in [0.717, 1.165) is 10.8 Å². The van der Waals surface area contributed by atoms with Gasteiger partial charge in [-0.1, -0.05) is 42.8 Å². The van der Waals surface area contributed by atoms with E-state index in [2.05, 4.69) is 20.6 Å². The highest BCUT2D eigenvalue weighted by Gasteiger charge is 2.21. The van der Waals surface area contributed by atoms with Crippen molar-refractivity contribution in [3.63, 3.8) is 0 Å². The second-order valence-corrected chi connectivity index (χ2v) is 9.22. The van der Waals surface area contributed by atoms with E-state index in [1.807, 2.05) is 60.7 Å². The van der Waals surface area contributed by atoms with Crippen LogP contribution in [0.4, 0.5) is 11.6 Å². The number of rotatable bonds is 12. The van der Waals surface area contributed by atoms with E-state index >= 15 is 0 Å². The number of fused-ring (bicyclic) bond motifs is 2. The lowest BCUT2D eigenvalue weighted by Gasteiger charge is -2.22. The number of anilines is 2. The Kier molecular flexibility index (Phi) is 9.67. The molecule has 0 saturated heterocycles. The van der Waals surface area contributed by atoms with Gasteiger partial charge in [0.25, 0.3) is 0 Å². The number of hydrogen-bond acceptors (Lipinski definition) is 7. The first kappa shape index (κ1) is 28.1. The van der Waals surface area contributed by atoms with Gasteiger partial charge in [0.2, 0.25) is 23.6 Å². The van der Waals surface area contributed by atoms with Crippen LogP contribution >= 0.6 is 0 Å². The van der Waals surface area contributed by atoms with Crippen LogP contribution in [0.5, 0.6) is 0 Å². The van der Waals surface area contributed by atoms with Crippen molar-refractivity contribution in [3.05, 3.63) is 72.8 Å². The lowest BCUT2D eigenvalue weighted by molar-refractivity contribution is -0.137. The predicted octanol–water partition coefficient (Wildman–Crippen LogP) is 3.64. The van der Waals surface area contributed by atoms with Crippen molar-refractivity contribution in [1.82, 2.24) is 20.3 Å². The van der Waals surface area contributed by atoms with E-state index in [4.69, 9.17) is 5.21 Å². The fourth-order valence-corrected chi connectivity index (χ4v) is 4.17. The molecule has 2 aromatic carbocycles. The van der Waals surface area contributed by atoms with Gasteiger partial charge in [0.1, 0.15) is 24.7 Å². The maximum absolute atomic E-state index is 13.0. The summed E-state index contributed by atoms with van der Waals surface area (Å²) in [6, 6.07) is 22.0. The molecule has 4 N–H and O–H groups in total. The summed E-state index contributed by atoms with van der Waals surface area (Å²) in [6.45, 7) is -0.697. The summed E-state index contributed by atoms with van der Waals surface area (Å²) in [5, 5.41) is 15.8. The Balaban J connectivity index is 1.39. The minimum absolute atomic E-state index is 0.0871. The summed E-state index contributed by atoms with van der Waals surface area (Å²) in [5.41, 5.74) is 3.00. The minimum Gasteiger partial charge on any atom is -0.324 e. The van der Waals surface area contributed by atoms with Crippen molar-refractivity contribution in [3.8, 4) is 0 Å². The normalized spacial score (nSPS) is 10.7. The smallest absolute Gasteiger partial charge is 0.245 e. The number of benzene rings is 2. The van der Waals surface area contributed by atoms with Crippen molar-refractivity contribution in [2.75, 3.05) is 23.7 Å². The summed E-state index contributed by atoms with van der Waals surface area (Å²) in [5.74, 6) is -1.19. The van der Waals surface area contributed by atoms with Gasteiger partial charge in [0.05, 0.1) is 11.0 Å². The van der Waals surface area contributed by atoms with E-state index in [9.17, 15) is 19.2 Å². The van der Waals surface area contributed by atoms with Crippen LogP contribution in [0.2, 0.25) is 0 Å². The number of hydrogen-bond donors (Lipinski definition) is 4. The Labute approximate surface area is 230 Å². The van der Waals surface area contributed by atoms with Gasteiger partial charge in [-0.05, 0) is 49.2 Å². The van der Waals surface area contributed by atoms with Crippen LogP contribution in [-0.2, 0) is 19.2 Å². The standard InChI is InChI=1S/C29H30N6O5/c36-26(34-40)12-2-1-3-13-29(39)35(18-27(37)32-24-16-14-20-8-4-6-10-22(20)30-24)19-28(38)33-25-17-15-21-9-5-7-11-23(21)31-25/h4-11,14-17,40H,1-3,12-13,18-19H2,(H,34,36)(H,30,32,37)(H,31,33,38). The van der Waals surface area contributed by atoms with E-state index in [1.54, 1.807) is 17.6 Å². The molecule has 11 heteroatoms. The van der Waals surface area contributed by atoms with Gasteiger partial charge < -0.3 is 15.5 Å². The molecule has 2 aromatic heterocycles. The topological polar surface area (TPSA) is 154 Å². The van der Waals surface area contributed by atoms with Crippen LogP contribution in [0.3, 0.4) is 0 Å². The van der Waals surface area contributed by atoms with Crippen LogP contribution in [0.15, 0.2) is 72.8 Å². The molecule has 0 aliphatic heterocycles. The Morgan fingerprint density at radius 2 is 1.12 bits per heavy atom. The molecule has 40 heavy (non-hydrogen) atoms. The molecule has 0 fully saturated rings. The summed E-state index contributed by atoms with van der Waals surface area (Å²) >= 11 is 0. The highest BCUT2D eigenvalue weighted by atomic mass is 16.5. The molecular weight excluding hydrogens is 512 g/mol. The van der Waals surface area contributed by atoms with Crippen LogP contribution < -0.4 is 16.1 Å². The Hall–Kier alpha value is -4.90. The monoisotopic (exact) mass is 542 g/mol. The van der Waals surface area contributed by atoms with Crippen LogP contribution in [0.25, 0.3) is 21.8 Å². The molecule has 0 spiro atoms. The lowest BCUT2D eigenvalue weighted by Crippen LogP contribution is -2.42. The number of carbonyl (C=O) groups excluding carboxylic acids is 4. The number of carbonyl (C=O) groups is 4. The molecule has 0 atom stereocenters. The molecule has 0 bridgehead atoms. The van der Waals surface area contributed by atoms with Crippen molar-refractivity contribution < 1.29 is 24.4 Å². The molecule has 4 aromatic rings. The molecule has 11 nitrogen and oxygen atoms in total. The largest absolute Gasteiger partial charge is 0.324 e. The Morgan fingerprint density at radius 1 is 0.625 bits per heavy atom. The number of para-hydroxylation sites is 2. The Morgan fingerprint density at radius 3 is 1.65 bits per heavy atom. The lowest BCUT2D eigenvalue weighted by atomic mass is 10.1. The van der Waals surface area contributed by atoms with Crippen LogP contribution in [-0.4, -0.2) is 56.8 Å². The average Bonchev–Trinajstić information content (AvgIpc) is 2.96. The van der Waals surface area contributed by atoms with Gasteiger partial charge in [-0.15, -0.1) is 0 Å². The van der Waals surface area contributed by atoms with E-state index in [0.29, 0.717) is 41.9 Å². The number of nitrogens with one attached hydrogen (secondary N) is 3. The van der Waals surface area contributed by atoms with Crippen molar-refractivity contribution >= 4 is 57.1 Å². The van der Waals surface area contributed by atoms with Crippen molar-refractivity contribution in [2.45, 2.75) is 32.1 Å². The van der Waals surface area contributed by atoms with E-state index < -0.39 is 17.7 Å². The SMILES string of the molecule is O=C(CCCCCC(=O)N(CC(=O)Nc1ccc2ccccc2n1)CC(=O)Nc1ccc2ccccc2n1)NO. The molecule has 0 radical (unpaired) electrons. The third-order valence-corrected chi connectivity index (χ3v) is 6.17. The highest BCUT2D eigenvalue weighted by Crippen LogP contribution is 2.16. The molecule has 4 rings (SSSR count). The summed E-state index contributed by atoms with van der Waals surface area (Å²) < 4.78 is 0. The number of pyridine rings is 2. The van der Waals surface area contributed by atoms with Crippen LogP contribution in [0, 0.1) is 0 Å². The highest BCUT2D eigenvalue weighted by molar-refractivity contribution is 5.98. The van der Waals surface area contributed by atoms with Gasteiger partial charge in [0.15, 0.2) is 0 Å². The average molecular weight is 543 g/mol.